The Balaban J connectivity index is 1.61. The maximum Gasteiger partial charge on any atom is 0.137 e. The molecular formula is C20H18N4. The van der Waals surface area contributed by atoms with Gasteiger partial charge in [-0.3, -0.25) is 0 Å². The molecule has 3 heterocycles. The van der Waals surface area contributed by atoms with E-state index in [0.717, 1.165) is 29.1 Å². The number of benzene rings is 1. The molecule has 0 atom stereocenters. The summed E-state index contributed by atoms with van der Waals surface area (Å²) in [6, 6.07) is 18.7. The Bertz CT molecular complexity index is 988. The van der Waals surface area contributed by atoms with Gasteiger partial charge < -0.3 is 10.3 Å². The maximum absolute atomic E-state index is 4.48. The fraction of sp³-hybridized carbons (Fsp3) is 0.100. The van der Waals surface area contributed by atoms with E-state index in [0.29, 0.717) is 0 Å². The Hall–Kier alpha value is -3.14. The predicted molar refractivity (Wildman–Crippen MR) is 97.8 cm³/mol. The molecule has 0 aliphatic heterocycles. The summed E-state index contributed by atoms with van der Waals surface area (Å²) < 4.78 is 0. The monoisotopic (exact) mass is 314 g/mol. The van der Waals surface area contributed by atoms with Crippen LogP contribution in [-0.2, 0) is 6.54 Å². The van der Waals surface area contributed by atoms with E-state index in [9.17, 15) is 0 Å². The van der Waals surface area contributed by atoms with E-state index in [2.05, 4.69) is 56.7 Å². The van der Waals surface area contributed by atoms with Gasteiger partial charge >= 0.3 is 0 Å². The number of anilines is 1. The van der Waals surface area contributed by atoms with Crippen LogP contribution in [0, 0.1) is 6.92 Å². The molecule has 0 saturated carbocycles. The topological polar surface area (TPSA) is 53.6 Å². The van der Waals surface area contributed by atoms with E-state index in [1.807, 2.05) is 37.5 Å². The van der Waals surface area contributed by atoms with Crippen LogP contribution in [0.15, 0.2) is 67.0 Å². The van der Waals surface area contributed by atoms with E-state index < -0.39 is 0 Å². The number of fused-ring (bicyclic) bond motifs is 1. The molecule has 0 radical (unpaired) electrons. The number of hydrogen-bond donors (Lipinski definition) is 2. The van der Waals surface area contributed by atoms with Gasteiger partial charge in [0.15, 0.2) is 0 Å². The molecule has 0 fully saturated rings. The van der Waals surface area contributed by atoms with Crippen molar-refractivity contribution >= 4 is 16.9 Å². The van der Waals surface area contributed by atoms with E-state index in [1.54, 1.807) is 0 Å². The first-order chi connectivity index (χ1) is 11.8. The van der Waals surface area contributed by atoms with Crippen LogP contribution >= 0.6 is 0 Å². The van der Waals surface area contributed by atoms with E-state index >= 15 is 0 Å². The minimum atomic E-state index is 0.742. The number of aryl methyl sites for hydroxylation is 1. The third kappa shape index (κ3) is 2.86. The number of hydrogen-bond acceptors (Lipinski definition) is 3. The molecule has 118 valence electrons. The highest BCUT2D eigenvalue weighted by Crippen LogP contribution is 2.27. The molecule has 4 aromatic rings. The number of nitrogens with one attached hydrogen (secondary N) is 2. The SMILES string of the molecule is Cc1cccc(NCc2cccc(-c3ccnc4[nH]ccc34)c2)n1. The molecule has 0 saturated heterocycles. The summed E-state index contributed by atoms with van der Waals surface area (Å²) in [4.78, 5) is 12.0. The number of aromatic amines is 1. The number of pyridine rings is 2. The molecule has 4 nitrogen and oxygen atoms in total. The van der Waals surface area contributed by atoms with Crippen molar-refractivity contribution in [2.24, 2.45) is 0 Å². The standard InChI is InChI=1S/C20H18N4/c1-14-4-2-7-19(24-14)23-13-15-5-3-6-16(12-15)17-8-10-21-20-18(17)9-11-22-20/h2-12H,13H2,1H3,(H,21,22)(H,23,24). The molecule has 0 aliphatic carbocycles. The Kier molecular flexibility index (Phi) is 3.71. The van der Waals surface area contributed by atoms with Crippen LogP contribution in [0.2, 0.25) is 0 Å². The molecule has 4 heteroatoms. The second-order valence-corrected chi connectivity index (χ2v) is 5.82. The highest BCUT2D eigenvalue weighted by Gasteiger charge is 2.06. The van der Waals surface area contributed by atoms with Crippen LogP contribution in [0.1, 0.15) is 11.3 Å². The summed E-state index contributed by atoms with van der Waals surface area (Å²) >= 11 is 0. The summed E-state index contributed by atoms with van der Waals surface area (Å²) in [5.41, 5.74) is 5.53. The lowest BCUT2D eigenvalue weighted by atomic mass is 10.0. The first-order valence-electron chi connectivity index (χ1n) is 7.98. The first-order valence-corrected chi connectivity index (χ1v) is 7.98. The third-order valence-electron chi connectivity index (χ3n) is 4.06. The molecule has 0 bridgehead atoms. The molecule has 0 aliphatic rings. The molecule has 24 heavy (non-hydrogen) atoms. The van der Waals surface area contributed by atoms with Gasteiger partial charge in [0, 0.05) is 30.0 Å². The van der Waals surface area contributed by atoms with Crippen LogP contribution in [0.4, 0.5) is 5.82 Å². The first kappa shape index (κ1) is 14.5. The van der Waals surface area contributed by atoms with Crippen molar-refractivity contribution in [1.29, 1.82) is 0 Å². The van der Waals surface area contributed by atoms with Gasteiger partial charge in [-0.25, -0.2) is 9.97 Å². The lowest BCUT2D eigenvalue weighted by molar-refractivity contribution is 1.09. The molecule has 0 amide bonds. The van der Waals surface area contributed by atoms with Crippen LogP contribution in [0.3, 0.4) is 0 Å². The quantitative estimate of drug-likeness (QED) is 0.581. The third-order valence-corrected chi connectivity index (χ3v) is 4.06. The Morgan fingerprint density at radius 1 is 1.04 bits per heavy atom. The van der Waals surface area contributed by atoms with Crippen molar-refractivity contribution in [3.05, 3.63) is 78.2 Å². The molecular weight excluding hydrogens is 296 g/mol. The molecule has 0 spiro atoms. The van der Waals surface area contributed by atoms with Gasteiger partial charge in [-0.2, -0.15) is 0 Å². The van der Waals surface area contributed by atoms with Crippen LogP contribution in [-0.4, -0.2) is 15.0 Å². The second kappa shape index (κ2) is 6.16. The zero-order valence-electron chi connectivity index (χ0n) is 13.5. The average Bonchev–Trinajstić information content (AvgIpc) is 3.09. The van der Waals surface area contributed by atoms with Gasteiger partial charge in [0.25, 0.3) is 0 Å². The van der Waals surface area contributed by atoms with Crippen molar-refractivity contribution in [1.82, 2.24) is 15.0 Å². The molecule has 1 aromatic carbocycles. The van der Waals surface area contributed by atoms with Crippen molar-refractivity contribution in [2.45, 2.75) is 13.5 Å². The van der Waals surface area contributed by atoms with Crippen molar-refractivity contribution in [2.75, 3.05) is 5.32 Å². The summed E-state index contributed by atoms with van der Waals surface area (Å²) in [5, 5.41) is 4.52. The molecule has 3 aromatic heterocycles. The number of H-pyrrole nitrogens is 1. The molecule has 0 unspecified atom stereocenters. The largest absolute Gasteiger partial charge is 0.366 e. The Morgan fingerprint density at radius 2 is 1.96 bits per heavy atom. The van der Waals surface area contributed by atoms with Gasteiger partial charge in [0.2, 0.25) is 0 Å². The Labute approximate surface area is 140 Å². The zero-order chi connectivity index (χ0) is 16.4. The zero-order valence-corrected chi connectivity index (χ0v) is 13.5. The smallest absolute Gasteiger partial charge is 0.137 e. The molecule has 2 N–H and O–H groups in total. The van der Waals surface area contributed by atoms with Gasteiger partial charge in [0.1, 0.15) is 11.5 Å². The van der Waals surface area contributed by atoms with Crippen molar-refractivity contribution < 1.29 is 0 Å². The normalized spacial score (nSPS) is 10.9. The maximum atomic E-state index is 4.48. The van der Waals surface area contributed by atoms with Crippen LogP contribution in [0.5, 0.6) is 0 Å². The van der Waals surface area contributed by atoms with Crippen LogP contribution in [0.25, 0.3) is 22.2 Å². The van der Waals surface area contributed by atoms with Crippen molar-refractivity contribution in [3.63, 3.8) is 0 Å². The highest BCUT2D eigenvalue weighted by atomic mass is 15.0. The van der Waals surface area contributed by atoms with Crippen molar-refractivity contribution in [3.8, 4) is 11.1 Å². The minimum absolute atomic E-state index is 0.742. The number of aromatic nitrogens is 3. The van der Waals surface area contributed by atoms with Gasteiger partial charge in [0.05, 0.1) is 0 Å². The highest BCUT2D eigenvalue weighted by molar-refractivity contribution is 5.92. The van der Waals surface area contributed by atoms with Gasteiger partial charge in [-0.15, -0.1) is 0 Å². The minimum Gasteiger partial charge on any atom is -0.366 e. The summed E-state index contributed by atoms with van der Waals surface area (Å²) in [7, 11) is 0. The van der Waals surface area contributed by atoms with E-state index in [1.165, 1.54) is 16.7 Å². The van der Waals surface area contributed by atoms with Gasteiger partial charge in [-0.1, -0.05) is 24.3 Å². The number of rotatable bonds is 4. The lowest BCUT2D eigenvalue weighted by Crippen LogP contribution is -2.01. The summed E-state index contributed by atoms with van der Waals surface area (Å²) in [6.07, 6.45) is 3.77. The fourth-order valence-corrected chi connectivity index (χ4v) is 2.90. The fourth-order valence-electron chi connectivity index (χ4n) is 2.90. The Morgan fingerprint density at radius 3 is 2.88 bits per heavy atom. The predicted octanol–water partition coefficient (Wildman–Crippen LogP) is 4.55. The van der Waals surface area contributed by atoms with E-state index in [-0.39, 0.29) is 0 Å². The summed E-state index contributed by atoms with van der Waals surface area (Å²) in [5.74, 6) is 0.900. The summed E-state index contributed by atoms with van der Waals surface area (Å²) in [6.45, 7) is 2.74. The second-order valence-electron chi connectivity index (χ2n) is 5.82. The van der Waals surface area contributed by atoms with Crippen LogP contribution < -0.4 is 5.32 Å². The lowest BCUT2D eigenvalue weighted by Gasteiger charge is -2.09. The number of nitrogens with zero attached hydrogens (tertiary/aromatic N) is 2. The molecule has 4 rings (SSSR count). The average molecular weight is 314 g/mol. The van der Waals surface area contributed by atoms with Gasteiger partial charge in [-0.05, 0) is 53.9 Å². The van der Waals surface area contributed by atoms with E-state index in [4.69, 9.17) is 0 Å².